The number of halogens is 1. The molecule has 0 bridgehead atoms. The molecule has 0 fully saturated rings. The SMILES string of the molecule is CS(=O)(=O)c1ccc(Cn2c3c(c4cc(F)ccc42)CCCCC3)cc1. The maximum absolute atomic E-state index is 13.8. The lowest BCUT2D eigenvalue weighted by Crippen LogP contribution is -2.06. The Morgan fingerprint density at radius 2 is 1.73 bits per heavy atom. The van der Waals surface area contributed by atoms with Gasteiger partial charge in [0.15, 0.2) is 9.84 Å². The third-order valence-electron chi connectivity index (χ3n) is 5.28. The second-order valence-corrected chi connectivity index (χ2v) is 9.17. The minimum atomic E-state index is -3.19. The second-order valence-electron chi connectivity index (χ2n) is 7.15. The molecule has 1 aliphatic rings. The van der Waals surface area contributed by atoms with Crippen molar-refractivity contribution in [2.75, 3.05) is 6.26 Å². The Kier molecular flexibility index (Phi) is 4.35. The predicted octanol–water partition coefficient (Wildman–Crippen LogP) is 4.50. The van der Waals surface area contributed by atoms with Crippen molar-refractivity contribution in [3.05, 3.63) is 65.1 Å². The van der Waals surface area contributed by atoms with E-state index < -0.39 is 9.84 Å². The van der Waals surface area contributed by atoms with E-state index in [4.69, 9.17) is 0 Å². The van der Waals surface area contributed by atoms with Gasteiger partial charge in [0.1, 0.15) is 5.82 Å². The highest BCUT2D eigenvalue weighted by molar-refractivity contribution is 7.90. The first-order valence-corrected chi connectivity index (χ1v) is 10.9. The molecule has 4 rings (SSSR count). The standard InChI is InChI=1S/C21H22FNO2S/c1-26(24,25)17-10-7-15(8-11-17)14-23-20-6-4-2-3-5-18(20)19-13-16(22)9-12-21(19)23/h7-13H,2-6,14H2,1H3. The molecule has 0 unspecified atom stereocenters. The molecular weight excluding hydrogens is 349 g/mol. The van der Waals surface area contributed by atoms with Gasteiger partial charge in [-0.15, -0.1) is 0 Å². The fourth-order valence-corrected chi connectivity index (χ4v) is 4.62. The van der Waals surface area contributed by atoms with E-state index in [1.54, 1.807) is 18.2 Å². The molecule has 1 aliphatic carbocycles. The molecule has 0 amide bonds. The minimum absolute atomic E-state index is 0.195. The molecule has 3 aromatic rings. The highest BCUT2D eigenvalue weighted by atomic mass is 32.2. The van der Waals surface area contributed by atoms with Crippen LogP contribution in [0.15, 0.2) is 47.4 Å². The van der Waals surface area contributed by atoms with Gasteiger partial charge in [0, 0.05) is 29.4 Å². The lowest BCUT2D eigenvalue weighted by Gasteiger charge is -2.12. The second kappa shape index (κ2) is 6.54. The van der Waals surface area contributed by atoms with Crippen LogP contribution in [-0.4, -0.2) is 19.2 Å². The third-order valence-corrected chi connectivity index (χ3v) is 6.41. The van der Waals surface area contributed by atoms with E-state index in [0.717, 1.165) is 42.1 Å². The highest BCUT2D eigenvalue weighted by Crippen LogP contribution is 2.32. The van der Waals surface area contributed by atoms with E-state index >= 15 is 0 Å². The third kappa shape index (κ3) is 3.16. The van der Waals surface area contributed by atoms with E-state index in [0.29, 0.717) is 11.4 Å². The van der Waals surface area contributed by atoms with Crippen LogP contribution in [-0.2, 0) is 29.2 Å². The van der Waals surface area contributed by atoms with Gasteiger partial charge in [-0.25, -0.2) is 12.8 Å². The molecule has 2 aromatic carbocycles. The van der Waals surface area contributed by atoms with Crippen LogP contribution >= 0.6 is 0 Å². The van der Waals surface area contributed by atoms with Gasteiger partial charge in [-0.05, 0) is 67.1 Å². The van der Waals surface area contributed by atoms with Gasteiger partial charge in [-0.3, -0.25) is 0 Å². The normalized spacial score (nSPS) is 15.0. The number of rotatable bonds is 3. The molecule has 3 nitrogen and oxygen atoms in total. The first kappa shape index (κ1) is 17.3. The van der Waals surface area contributed by atoms with Crippen molar-refractivity contribution in [1.82, 2.24) is 4.57 Å². The van der Waals surface area contributed by atoms with Crippen LogP contribution in [0.3, 0.4) is 0 Å². The molecule has 0 spiro atoms. The monoisotopic (exact) mass is 371 g/mol. The highest BCUT2D eigenvalue weighted by Gasteiger charge is 2.19. The Bertz CT molecular complexity index is 1070. The summed E-state index contributed by atoms with van der Waals surface area (Å²) in [6, 6.07) is 12.1. The molecular formula is C21H22FNO2S. The summed E-state index contributed by atoms with van der Waals surface area (Å²) in [5.41, 5.74) is 4.69. The van der Waals surface area contributed by atoms with Crippen LogP contribution in [0.1, 0.15) is 36.1 Å². The average molecular weight is 371 g/mol. The Labute approximate surface area is 153 Å². The minimum Gasteiger partial charge on any atom is -0.340 e. The van der Waals surface area contributed by atoms with E-state index in [-0.39, 0.29) is 5.82 Å². The van der Waals surface area contributed by atoms with Crippen LogP contribution in [0, 0.1) is 5.82 Å². The summed E-state index contributed by atoms with van der Waals surface area (Å²) in [5.74, 6) is -0.195. The number of aromatic nitrogens is 1. The Hall–Kier alpha value is -2.14. The van der Waals surface area contributed by atoms with Crippen molar-refractivity contribution in [2.45, 2.75) is 43.5 Å². The molecule has 0 saturated carbocycles. The Morgan fingerprint density at radius 3 is 2.46 bits per heavy atom. The first-order chi connectivity index (χ1) is 12.4. The summed E-state index contributed by atoms with van der Waals surface area (Å²) in [6.45, 7) is 0.668. The first-order valence-electron chi connectivity index (χ1n) is 9.02. The van der Waals surface area contributed by atoms with E-state index in [9.17, 15) is 12.8 Å². The molecule has 136 valence electrons. The quantitative estimate of drug-likeness (QED) is 0.636. The molecule has 0 radical (unpaired) electrons. The van der Waals surface area contributed by atoms with Gasteiger partial charge >= 0.3 is 0 Å². The van der Waals surface area contributed by atoms with Gasteiger partial charge in [0.2, 0.25) is 0 Å². The van der Waals surface area contributed by atoms with Gasteiger partial charge < -0.3 is 4.57 Å². The summed E-state index contributed by atoms with van der Waals surface area (Å²) >= 11 is 0. The van der Waals surface area contributed by atoms with Gasteiger partial charge in [-0.1, -0.05) is 18.6 Å². The maximum Gasteiger partial charge on any atom is 0.175 e. The molecule has 1 heterocycles. The average Bonchev–Trinajstić information content (AvgIpc) is 2.76. The number of fused-ring (bicyclic) bond motifs is 3. The number of aryl methyl sites for hydroxylation is 1. The molecule has 5 heteroatoms. The van der Waals surface area contributed by atoms with Crippen molar-refractivity contribution in [3.63, 3.8) is 0 Å². The van der Waals surface area contributed by atoms with E-state index in [1.165, 1.54) is 30.0 Å². The molecule has 0 aliphatic heterocycles. The topological polar surface area (TPSA) is 39.1 Å². The molecule has 1 aromatic heterocycles. The van der Waals surface area contributed by atoms with Gasteiger partial charge in [0.25, 0.3) is 0 Å². The van der Waals surface area contributed by atoms with Gasteiger partial charge in [0.05, 0.1) is 4.90 Å². The molecule has 0 saturated heterocycles. The number of nitrogens with zero attached hydrogens (tertiary/aromatic N) is 1. The summed E-state index contributed by atoms with van der Waals surface area (Å²) in [7, 11) is -3.19. The summed E-state index contributed by atoms with van der Waals surface area (Å²) in [6.07, 6.45) is 6.72. The fourth-order valence-electron chi connectivity index (χ4n) is 3.99. The summed E-state index contributed by atoms with van der Waals surface area (Å²) in [5, 5.41) is 1.02. The number of sulfone groups is 1. The van der Waals surface area contributed by atoms with Crippen LogP contribution in [0.4, 0.5) is 4.39 Å². The largest absolute Gasteiger partial charge is 0.340 e. The maximum atomic E-state index is 13.8. The Morgan fingerprint density at radius 1 is 1.00 bits per heavy atom. The summed E-state index contributed by atoms with van der Waals surface area (Å²) in [4.78, 5) is 0.333. The lowest BCUT2D eigenvalue weighted by molar-refractivity contribution is 0.602. The smallest absolute Gasteiger partial charge is 0.175 e. The number of benzene rings is 2. The van der Waals surface area contributed by atoms with E-state index in [1.807, 2.05) is 18.2 Å². The Balaban J connectivity index is 1.80. The molecule has 0 atom stereocenters. The van der Waals surface area contributed by atoms with E-state index in [2.05, 4.69) is 4.57 Å². The predicted molar refractivity (Wildman–Crippen MR) is 102 cm³/mol. The summed E-state index contributed by atoms with van der Waals surface area (Å²) < 4.78 is 39.4. The fraction of sp³-hybridized carbons (Fsp3) is 0.333. The molecule has 26 heavy (non-hydrogen) atoms. The van der Waals surface area contributed by atoms with Crippen LogP contribution in [0.5, 0.6) is 0 Å². The van der Waals surface area contributed by atoms with Gasteiger partial charge in [-0.2, -0.15) is 0 Å². The van der Waals surface area contributed by atoms with Crippen molar-refractivity contribution in [2.24, 2.45) is 0 Å². The zero-order valence-electron chi connectivity index (χ0n) is 14.8. The zero-order chi connectivity index (χ0) is 18.3. The molecule has 0 N–H and O–H groups in total. The van der Waals surface area contributed by atoms with Crippen molar-refractivity contribution in [3.8, 4) is 0 Å². The zero-order valence-corrected chi connectivity index (χ0v) is 15.7. The van der Waals surface area contributed by atoms with Crippen LogP contribution in [0.25, 0.3) is 10.9 Å². The number of hydrogen-bond donors (Lipinski definition) is 0. The lowest BCUT2D eigenvalue weighted by atomic mass is 10.1. The van der Waals surface area contributed by atoms with Crippen LogP contribution in [0.2, 0.25) is 0 Å². The van der Waals surface area contributed by atoms with Crippen molar-refractivity contribution >= 4 is 20.7 Å². The number of hydrogen-bond acceptors (Lipinski definition) is 2. The van der Waals surface area contributed by atoms with Crippen molar-refractivity contribution < 1.29 is 12.8 Å². The van der Waals surface area contributed by atoms with Crippen LogP contribution < -0.4 is 0 Å². The van der Waals surface area contributed by atoms with Crippen molar-refractivity contribution in [1.29, 1.82) is 0 Å².